The highest BCUT2D eigenvalue weighted by molar-refractivity contribution is 6.03. The number of carbonyl (C=O) groups is 1. The van der Waals surface area contributed by atoms with Gasteiger partial charge in [0.25, 0.3) is 5.91 Å². The zero-order valence-corrected chi connectivity index (χ0v) is 17.2. The van der Waals surface area contributed by atoms with Gasteiger partial charge >= 0.3 is 0 Å². The summed E-state index contributed by atoms with van der Waals surface area (Å²) in [4.78, 5) is 12.6. The molecule has 150 valence electrons. The van der Waals surface area contributed by atoms with E-state index < -0.39 is 0 Å². The molecule has 2 aromatic carbocycles. The molecule has 0 radical (unpaired) electrons. The first kappa shape index (κ1) is 20.1. The molecule has 0 bridgehead atoms. The van der Waals surface area contributed by atoms with Crippen molar-refractivity contribution >= 4 is 23.1 Å². The van der Waals surface area contributed by atoms with Crippen molar-refractivity contribution in [2.75, 3.05) is 24.9 Å². The van der Waals surface area contributed by atoms with Gasteiger partial charge in [-0.25, -0.2) is 0 Å². The number of carbonyl (C=O) groups excluding carboxylic acids is 1. The summed E-state index contributed by atoms with van der Waals surface area (Å²) in [5.74, 6) is 1.45. The third-order valence-corrected chi connectivity index (χ3v) is 4.47. The molecule has 1 heterocycles. The van der Waals surface area contributed by atoms with Crippen LogP contribution in [-0.4, -0.2) is 30.3 Å². The maximum Gasteiger partial charge on any atom is 0.276 e. The van der Waals surface area contributed by atoms with Crippen LogP contribution in [0.15, 0.2) is 42.5 Å². The van der Waals surface area contributed by atoms with Gasteiger partial charge in [0.1, 0.15) is 0 Å². The molecule has 0 saturated heterocycles. The largest absolute Gasteiger partial charge is 0.493 e. The average Bonchev–Trinajstić information content (AvgIpc) is 2.71. The standard InChI is InChI=1S/C22H24N4O3/c1-13-10-14(2)21(15(3)11-13)24-22(27)17-7-9-20(26-25-17)23-16-6-8-18(28-4)19(12-16)29-5/h6-12H,1-5H3,(H,23,26)(H,24,27). The number of benzene rings is 2. The Bertz CT molecular complexity index is 1010. The molecule has 3 aromatic rings. The highest BCUT2D eigenvalue weighted by Gasteiger charge is 2.13. The van der Waals surface area contributed by atoms with Gasteiger partial charge in [0.15, 0.2) is 23.0 Å². The molecule has 0 atom stereocenters. The first-order valence-corrected chi connectivity index (χ1v) is 9.13. The summed E-state index contributed by atoms with van der Waals surface area (Å²) in [5, 5.41) is 14.2. The Morgan fingerprint density at radius 1 is 0.862 bits per heavy atom. The van der Waals surface area contributed by atoms with E-state index in [9.17, 15) is 4.79 Å². The lowest BCUT2D eigenvalue weighted by atomic mass is 10.1. The molecule has 2 N–H and O–H groups in total. The molecular weight excluding hydrogens is 368 g/mol. The van der Waals surface area contributed by atoms with Gasteiger partial charge in [-0.15, -0.1) is 10.2 Å². The van der Waals surface area contributed by atoms with Crippen LogP contribution in [0.1, 0.15) is 27.2 Å². The first-order valence-electron chi connectivity index (χ1n) is 9.13. The monoisotopic (exact) mass is 392 g/mol. The van der Waals surface area contributed by atoms with Crippen LogP contribution in [0, 0.1) is 20.8 Å². The molecule has 7 heteroatoms. The van der Waals surface area contributed by atoms with Crippen LogP contribution in [0.4, 0.5) is 17.2 Å². The molecule has 0 spiro atoms. The third kappa shape index (κ3) is 4.63. The number of nitrogens with one attached hydrogen (secondary N) is 2. The molecule has 1 amide bonds. The zero-order valence-electron chi connectivity index (χ0n) is 17.2. The van der Waals surface area contributed by atoms with Gasteiger partial charge in [0.2, 0.25) is 0 Å². The van der Waals surface area contributed by atoms with E-state index in [2.05, 4.69) is 20.8 Å². The number of methoxy groups -OCH3 is 2. The molecule has 0 saturated carbocycles. The Balaban J connectivity index is 1.72. The third-order valence-electron chi connectivity index (χ3n) is 4.47. The predicted octanol–water partition coefficient (Wildman–Crippen LogP) is 4.41. The summed E-state index contributed by atoms with van der Waals surface area (Å²) < 4.78 is 10.5. The van der Waals surface area contributed by atoms with Crippen LogP contribution in [0.5, 0.6) is 11.5 Å². The van der Waals surface area contributed by atoms with Crippen LogP contribution in [-0.2, 0) is 0 Å². The summed E-state index contributed by atoms with van der Waals surface area (Å²) >= 11 is 0. The molecule has 0 aliphatic rings. The van der Waals surface area contributed by atoms with E-state index in [0.717, 1.165) is 28.1 Å². The number of rotatable bonds is 6. The lowest BCUT2D eigenvalue weighted by molar-refractivity contribution is 0.102. The number of amides is 1. The van der Waals surface area contributed by atoms with Gasteiger partial charge in [-0.2, -0.15) is 0 Å². The minimum absolute atomic E-state index is 0.238. The van der Waals surface area contributed by atoms with Crippen molar-refractivity contribution in [2.45, 2.75) is 20.8 Å². The van der Waals surface area contributed by atoms with E-state index in [4.69, 9.17) is 9.47 Å². The molecule has 3 rings (SSSR count). The summed E-state index contributed by atoms with van der Waals surface area (Å²) in [5.41, 5.74) is 4.98. The number of hydrogen-bond donors (Lipinski definition) is 2. The van der Waals surface area contributed by atoms with Crippen LogP contribution in [0.25, 0.3) is 0 Å². The second-order valence-corrected chi connectivity index (χ2v) is 6.73. The van der Waals surface area contributed by atoms with Gasteiger partial charge in [-0.1, -0.05) is 17.7 Å². The molecule has 0 aliphatic carbocycles. The minimum atomic E-state index is -0.301. The maximum absolute atomic E-state index is 12.6. The summed E-state index contributed by atoms with van der Waals surface area (Å²) in [6.45, 7) is 5.97. The fraction of sp³-hybridized carbons (Fsp3) is 0.227. The van der Waals surface area contributed by atoms with Crippen molar-refractivity contribution in [3.05, 3.63) is 64.8 Å². The summed E-state index contributed by atoms with van der Waals surface area (Å²) in [6.07, 6.45) is 0. The van der Waals surface area contributed by atoms with Gasteiger partial charge in [-0.3, -0.25) is 4.79 Å². The number of aryl methyl sites for hydroxylation is 3. The molecule has 0 aliphatic heterocycles. The lowest BCUT2D eigenvalue weighted by Gasteiger charge is -2.13. The highest BCUT2D eigenvalue weighted by atomic mass is 16.5. The minimum Gasteiger partial charge on any atom is -0.493 e. The van der Waals surface area contributed by atoms with Crippen LogP contribution < -0.4 is 20.1 Å². The fourth-order valence-electron chi connectivity index (χ4n) is 3.14. The SMILES string of the molecule is COc1ccc(Nc2ccc(C(=O)Nc3c(C)cc(C)cc3C)nn2)cc1OC. The molecule has 1 aromatic heterocycles. The molecular formula is C22H24N4O3. The lowest BCUT2D eigenvalue weighted by Crippen LogP contribution is -2.16. The number of ether oxygens (including phenoxy) is 2. The summed E-state index contributed by atoms with van der Waals surface area (Å²) in [7, 11) is 3.16. The van der Waals surface area contributed by atoms with E-state index in [1.165, 1.54) is 0 Å². The van der Waals surface area contributed by atoms with Gasteiger partial charge in [0.05, 0.1) is 14.2 Å². The highest BCUT2D eigenvalue weighted by Crippen LogP contribution is 2.30. The van der Waals surface area contributed by atoms with Crippen LogP contribution in [0.3, 0.4) is 0 Å². The van der Waals surface area contributed by atoms with Crippen molar-refractivity contribution < 1.29 is 14.3 Å². The Labute approximate surface area is 170 Å². The molecule has 0 unspecified atom stereocenters. The van der Waals surface area contributed by atoms with Crippen molar-refractivity contribution in [1.29, 1.82) is 0 Å². The number of anilines is 3. The van der Waals surface area contributed by atoms with Crippen molar-refractivity contribution in [1.82, 2.24) is 10.2 Å². The van der Waals surface area contributed by atoms with E-state index in [1.54, 1.807) is 38.5 Å². The van der Waals surface area contributed by atoms with Crippen molar-refractivity contribution in [3.8, 4) is 11.5 Å². The van der Waals surface area contributed by atoms with Gasteiger partial charge in [-0.05, 0) is 56.2 Å². The quantitative estimate of drug-likeness (QED) is 0.646. The normalized spacial score (nSPS) is 10.4. The Hall–Kier alpha value is -3.61. The van der Waals surface area contributed by atoms with Crippen molar-refractivity contribution in [2.24, 2.45) is 0 Å². The van der Waals surface area contributed by atoms with E-state index >= 15 is 0 Å². The van der Waals surface area contributed by atoms with Gasteiger partial charge in [0, 0.05) is 17.4 Å². The Kier molecular flexibility index (Phi) is 5.97. The first-order chi connectivity index (χ1) is 13.9. The predicted molar refractivity (Wildman–Crippen MR) is 113 cm³/mol. The summed E-state index contributed by atoms with van der Waals surface area (Å²) in [6, 6.07) is 12.8. The number of nitrogens with zero attached hydrogens (tertiary/aromatic N) is 2. The Morgan fingerprint density at radius 2 is 1.55 bits per heavy atom. The Morgan fingerprint density at radius 3 is 2.14 bits per heavy atom. The number of aromatic nitrogens is 2. The van der Waals surface area contributed by atoms with E-state index in [1.807, 2.05) is 39.0 Å². The molecule has 7 nitrogen and oxygen atoms in total. The molecule has 29 heavy (non-hydrogen) atoms. The average molecular weight is 392 g/mol. The second kappa shape index (κ2) is 8.60. The van der Waals surface area contributed by atoms with E-state index in [-0.39, 0.29) is 11.6 Å². The van der Waals surface area contributed by atoms with Gasteiger partial charge < -0.3 is 20.1 Å². The smallest absolute Gasteiger partial charge is 0.276 e. The van der Waals surface area contributed by atoms with Crippen LogP contribution >= 0.6 is 0 Å². The zero-order chi connectivity index (χ0) is 21.0. The molecule has 0 fully saturated rings. The number of hydrogen-bond acceptors (Lipinski definition) is 6. The maximum atomic E-state index is 12.6. The van der Waals surface area contributed by atoms with Crippen molar-refractivity contribution in [3.63, 3.8) is 0 Å². The van der Waals surface area contributed by atoms with Crippen LogP contribution in [0.2, 0.25) is 0 Å². The topological polar surface area (TPSA) is 85.4 Å². The fourth-order valence-corrected chi connectivity index (χ4v) is 3.14. The van der Waals surface area contributed by atoms with E-state index in [0.29, 0.717) is 17.3 Å². The second-order valence-electron chi connectivity index (χ2n) is 6.73.